The van der Waals surface area contributed by atoms with Gasteiger partial charge in [-0.2, -0.15) is 13.5 Å². The number of ether oxygens (including phenoxy) is 1. The number of benzene rings is 1. The van der Waals surface area contributed by atoms with Gasteiger partial charge in [-0.05, 0) is 50.3 Å². The van der Waals surface area contributed by atoms with Crippen molar-refractivity contribution in [1.82, 2.24) is 19.5 Å². The van der Waals surface area contributed by atoms with E-state index >= 15 is 0 Å². The van der Waals surface area contributed by atoms with Crippen molar-refractivity contribution in [1.29, 1.82) is 0 Å². The normalized spacial score (nSPS) is 18.6. The molecule has 1 aliphatic heterocycles. The number of hydrogen-bond donors (Lipinski definition) is 2. The molecule has 0 saturated carbocycles. The van der Waals surface area contributed by atoms with E-state index in [2.05, 4.69) is 15.4 Å². The molecule has 5 rings (SSSR count). The van der Waals surface area contributed by atoms with Crippen molar-refractivity contribution in [2.24, 2.45) is 0 Å². The van der Waals surface area contributed by atoms with E-state index in [4.69, 9.17) is 4.74 Å². The number of sulfonamides is 1. The molecule has 3 heterocycles. The van der Waals surface area contributed by atoms with E-state index in [9.17, 15) is 17.6 Å². The van der Waals surface area contributed by atoms with Crippen LogP contribution in [-0.4, -0.2) is 35.8 Å². The van der Waals surface area contributed by atoms with Crippen molar-refractivity contribution in [3.8, 4) is 17.0 Å². The average Bonchev–Trinajstić information content (AvgIpc) is 3.43. The lowest BCUT2D eigenvalue weighted by Crippen LogP contribution is -2.36. The van der Waals surface area contributed by atoms with Gasteiger partial charge in [0, 0.05) is 23.4 Å². The van der Waals surface area contributed by atoms with Crippen molar-refractivity contribution in [2.45, 2.75) is 43.7 Å². The molecule has 1 aromatic carbocycles. The number of carbonyl (C=O) groups excluding carboxylic acids is 1. The quantitative estimate of drug-likeness (QED) is 0.520. The largest absolute Gasteiger partial charge is 0.475 e. The number of aryl methyl sites for hydroxylation is 1. The number of carbonyl (C=O) groups is 1. The number of aromatic nitrogens is 3. The minimum Gasteiger partial charge on any atom is -0.475 e. The third-order valence-corrected chi connectivity index (χ3v) is 7.12. The van der Waals surface area contributed by atoms with Crippen LogP contribution in [0.5, 0.6) is 5.88 Å². The van der Waals surface area contributed by atoms with Crippen LogP contribution in [0.3, 0.4) is 0 Å². The third-order valence-electron chi connectivity index (χ3n) is 5.90. The molecule has 2 aliphatic rings. The Bertz CT molecular complexity index is 1380. The second-order valence-corrected chi connectivity index (χ2v) is 10.4. The van der Waals surface area contributed by atoms with Crippen molar-refractivity contribution in [3.63, 3.8) is 0 Å². The van der Waals surface area contributed by atoms with Gasteiger partial charge in [-0.15, -0.1) is 0 Å². The predicted molar refractivity (Wildman–Crippen MR) is 118 cm³/mol. The summed E-state index contributed by atoms with van der Waals surface area (Å²) >= 11 is 0. The second kappa shape index (κ2) is 7.55. The summed E-state index contributed by atoms with van der Waals surface area (Å²) in [5, 5.41) is 6.48. The molecule has 0 spiro atoms. The monoisotopic (exact) mass is 471 g/mol. The summed E-state index contributed by atoms with van der Waals surface area (Å²) in [6.45, 7) is 3.70. The summed E-state index contributed by atoms with van der Waals surface area (Å²) in [7, 11) is -4.24. The van der Waals surface area contributed by atoms with Gasteiger partial charge in [-0.3, -0.25) is 4.68 Å². The topological polar surface area (TPSA) is 115 Å². The lowest BCUT2D eigenvalue weighted by Gasteiger charge is -2.25. The maximum Gasteiger partial charge on any atom is 0.333 e. The first kappa shape index (κ1) is 21.4. The SMILES string of the molecule is CC1(C)COc2cc(c(F)cn2)-c2ccc3c(c2NC(=O)NS(=O)(=O)c2ccn1n2)CCC3. The van der Waals surface area contributed by atoms with Gasteiger partial charge in [0.25, 0.3) is 10.0 Å². The molecule has 0 fully saturated rings. The standard InChI is InChI=1S/C22H22FN5O4S/c1-22(2)12-32-18-10-16(17(23)11-24-18)15-7-6-13-4-3-5-14(13)20(15)25-21(29)27-33(30,31)19-8-9-28(22)26-19/h6-11H,3-5,12H2,1-2H3,(H2,25,27,29). The van der Waals surface area contributed by atoms with Crippen LogP contribution in [0, 0.1) is 5.82 Å². The van der Waals surface area contributed by atoms with Gasteiger partial charge in [-0.25, -0.2) is 18.9 Å². The molecule has 1 aliphatic carbocycles. The molecule has 0 saturated heterocycles. The first-order valence-corrected chi connectivity index (χ1v) is 12.0. The summed E-state index contributed by atoms with van der Waals surface area (Å²) in [4.78, 5) is 16.8. The fourth-order valence-electron chi connectivity index (χ4n) is 4.16. The molecular formula is C22H22FN5O4S. The van der Waals surface area contributed by atoms with Gasteiger partial charge in [0.15, 0.2) is 5.03 Å². The number of nitrogens with zero attached hydrogens (tertiary/aromatic N) is 3. The molecular weight excluding hydrogens is 449 g/mol. The smallest absolute Gasteiger partial charge is 0.333 e. The number of urea groups is 1. The molecule has 3 aromatic rings. The maximum atomic E-state index is 14.9. The maximum absolute atomic E-state index is 14.9. The molecule has 2 amide bonds. The Balaban J connectivity index is 1.69. The van der Waals surface area contributed by atoms with Crippen molar-refractivity contribution >= 4 is 21.7 Å². The van der Waals surface area contributed by atoms with Crippen LogP contribution in [0.1, 0.15) is 31.4 Å². The highest BCUT2D eigenvalue weighted by Crippen LogP contribution is 2.39. The van der Waals surface area contributed by atoms with Gasteiger partial charge < -0.3 is 10.1 Å². The van der Waals surface area contributed by atoms with E-state index in [0.717, 1.165) is 30.2 Å². The van der Waals surface area contributed by atoms with Crippen LogP contribution in [0.15, 0.2) is 41.7 Å². The van der Waals surface area contributed by atoms with E-state index in [1.54, 1.807) is 19.9 Å². The number of anilines is 1. The number of hydrogen-bond acceptors (Lipinski definition) is 6. The molecule has 11 heteroatoms. The van der Waals surface area contributed by atoms with Crippen LogP contribution in [-0.2, 0) is 28.4 Å². The molecule has 0 unspecified atom stereocenters. The van der Waals surface area contributed by atoms with E-state index in [1.165, 1.54) is 23.0 Å². The van der Waals surface area contributed by atoms with Crippen LogP contribution in [0.4, 0.5) is 14.9 Å². The first-order chi connectivity index (χ1) is 15.6. The number of nitrogens with one attached hydrogen (secondary N) is 2. The van der Waals surface area contributed by atoms with Gasteiger partial charge >= 0.3 is 6.03 Å². The zero-order chi connectivity index (χ0) is 23.4. The Morgan fingerprint density at radius 2 is 2.00 bits per heavy atom. The average molecular weight is 472 g/mol. The van der Waals surface area contributed by atoms with Crippen LogP contribution >= 0.6 is 0 Å². The zero-order valence-electron chi connectivity index (χ0n) is 18.1. The van der Waals surface area contributed by atoms with Gasteiger partial charge in [0.05, 0.1) is 17.4 Å². The number of rotatable bonds is 0. The van der Waals surface area contributed by atoms with Crippen LogP contribution in [0.2, 0.25) is 0 Å². The zero-order valence-corrected chi connectivity index (χ0v) is 18.9. The molecule has 9 nitrogen and oxygen atoms in total. The molecule has 0 atom stereocenters. The van der Waals surface area contributed by atoms with Gasteiger partial charge in [0.1, 0.15) is 12.4 Å². The summed E-state index contributed by atoms with van der Waals surface area (Å²) in [6, 6.07) is 5.46. The van der Waals surface area contributed by atoms with E-state index in [-0.39, 0.29) is 23.1 Å². The Labute approximate surface area is 190 Å². The summed E-state index contributed by atoms with van der Waals surface area (Å²) in [5.74, 6) is -0.388. The fourth-order valence-corrected chi connectivity index (χ4v) is 4.99. The van der Waals surface area contributed by atoms with E-state index in [1.807, 2.05) is 10.8 Å². The summed E-state index contributed by atoms with van der Waals surface area (Å²) in [5.41, 5.74) is 2.11. The molecule has 2 N–H and O–H groups in total. The molecule has 4 bridgehead atoms. The molecule has 2 aromatic heterocycles. The molecule has 172 valence electrons. The minimum atomic E-state index is -4.24. The highest BCUT2D eigenvalue weighted by atomic mass is 32.2. The Morgan fingerprint density at radius 3 is 2.82 bits per heavy atom. The third kappa shape index (κ3) is 3.82. The Kier molecular flexibility index (Phi) is 4.89. The Morgan fingerprint density at radius 1 is 1.18 bits per heavy atom. The number of halogens is 1. The lowest BCUT2D eigenvalue weighted by atomic mass is 9.97. The van der Waals surface area contributed by atoms with E-state index in [0.29, 0.717) is 17.7 Å². The minimum absolute atomic E-state index is 0.0912. The van der Waals surface area contributed by atoms with Crippen LogP contribution in [0.25, 0.3) is 11.1 Å². The molecule has 0 radical (unpaired) electrons. The highest BCUT2D eigenvalue weighted by Gasteiger charge is 2.29. The lowest BCUT2D eigenvalue weighted by molar-refractivity contribution is 0.164. The number of fused-ring (bicyclic) bond motifs is 8. The molecule has 33 heavy (non-hydrogen) atoms. The fraction of sp³-hybridized carbons (Fsp3) is 0.318. The number of amides is 2. The summed E-state index contributed by atoms with van der Waals surface area (Å²) < 4.78 is 49.8. The van der Waals surface area contributed by atoms with Gasteiger partial charge in [-0.1, -0.05) is 12.1 Å². The Hall–Kier alpha value is -3.47. The first-order valence-electron chi connectivity index (χ1n) is 10.5. The predicted octanol–water partition coefficient (Wildman–Crippen LogP) is 3.21. The van der Waals surface area contributed by atoms with Crippen molar-refractivity contribution < 1.29 is 22.3 Å². The highest BCUT2D eigenvalue weighted by molar-refractivity contribution is 7.90. The number of pyridine rings is 1. The summed E-state index contributed by atoms with van der Waals surface area (Å²) in [6.07, 6.45) is 4.95. The van der Waals surface area contributed by atoms with Crippen molar-refractivity contribution in [3.05, 3.63) is 53.6 Å². The van der Waals surface area contributed by atoms with Gasteiger partial charge in [0.2, 0.25) is 5.88 Å². The van der Waals surface area contributed by atoms with E-state index < -0.39 is 27.4 Å². The van der Waals surface area contributed by atoms with Crippen LogP contribution < -0.4 is 14.8 Å². The second-order valence-electron chi connectivity index (χ2n) is 8.74. The van der Waals surface area contributed by atoms with Crippen molar-refractivity contribution in [2.75, 3.05) is 11.9 Å².